The van der Waals surface area contributed by atoms with Crippen molar-refractivity contribution in [3.63, 3.8) is 0 Å². The summed E-state index contributed by atoms with van der Waals surface area (Å²) in [6.45, 7) is 14.2. The quantitative estimate of drug-likeness (QED) is 0.0193. The lowest BCUT2D eigenvalue weighted by molar-refractivity contribution is -0.161. The summed E-state index contributed by atoms with van der Waals surface area (Å²) < 4.78 is 34.2. The number of carbonyl (C=O) groups excluding carboxylic acids is 3. The van der Waals surface area contributed by atoms with E-state index in [4.69, 9.17) is 28.4 Å². The predicted octanol–water partition coefficient (Wildman–Crippen LogP) is 11.7. The van der Waals surface area contributed by atoms with Crippen molar-refractivity contribution < 1.29 is 42.8 Å². The molecule has 352 valence electrons. The van der Waals surface area contributed by atoms with Crippen LogP contribution in [0.25, 0.3) is 0 Å². The maximum atomic E-state index is 13.0. The first-order valence-electron chi connectivity index (χ1n) is 24.3. The molecule has 0 saturated carbocycles. The lowest BCUT2D eigenvalue weighted by Gasteiger charge is -2.33. The predicted molar refractivity (Wildman–Crippen MR) is 247 cm³/mol. The van der Waals surface area contributed by atoms with Gasteiger partial charge in [0.25, 0.3) is 0 Å². The monoisotopic (exact) mass is 861 g/mol. The molecule has 0 N–H and O–H groups in total. The Balaban J connectivity index is 2.55. The van der Waals surface area contributed by atoms with Crippen LogP contribution in [0.4, 0.5) is 4.79 Å². The molecule has 61 heavy (non-hydrogen) atoms. The topological polar surface area (TPSA) is 113 Å². The fourth-order valence-corrected chi connectivity index (χ4v) is 6.57. The summed E-state index contributed by atoms with van der Waals surface area (Å²) in [5, 5.41) is 0. The molecule has 0 bridgehead atoms. The van der Waals surface area contributed by atoms with Crippen molar-refractivity contribution in [3.8, 4) is 0 Å². The molecule has 1 fully saturated rings. The van der Waals surface area contributed by atoms with E-state index in [1.807, 2.05) is 0 Å². The summed E-state index contributed by atoms with van der Waals surface area (Å²) >= 11 is 0. The Morgan fingerprint density at radius 3 is 1.57 bits per heavy atom. The van der Waals surface area contributed by atoms with Crippen LogP contribution in [0.1, 0.15) is 169 Å². The summed E-state index contributed by atoms with van der Waals surface area (Å²) in [5.74, 6) is -1.26. The number of esters is 2. The van der Waals surface area contributed by atoms with Crippen molar-refractivity contribution in [3.05, 3.63) is 48.6 Å². The third-order valence-electron chi connectivity index (χ3n) is 10.5. The Kier molecular flexibility index (Phi) is 38.9. The summed E-state index contributed by atoms with van der Waals surface area (Å²) in [5.41, 5.74) is 0. The first-order valence-corrected chi connectivity index (χ1v) is 24.3. The van der Waals surface area contributed by atoms with E-state index >= 15 is 0 Å². The van der Waals surface area contributed by atoms with E-state index in [2.05, 4.69) is 86.1 Å². The fraction of sp³-hybridized carbons (Fsp3) is 0.780. The smallest absolute Gasteiger partial charge is 0.465 e. The molecule has 0 spiro atoms. The number of nitrogens with zero attached hydrogens (tertiary/aromatic N) is 2. The molecular weight excluding hydrogens is 773 g/mol. The van der Waals surface area contributed by atoms with E-state index in [-0.39, 0.29) is 38.9 Å². The number of carbonyl (C=O) groups is 3. The van der Waals surface area contributed by atoms with Crippen LogP contribution in [-0.4, -0.2) is 107 Å². The molecule has 0 aromatic carbocycles. The van der Waals surface area contributed by atoms with Crippen molar-refractivity contribution >= 4 is 18.1 Å². The Labute approximate surface area is 372 Å². The van der Waals surface area contributed by atoms with E-state index in [1.54, 1.807) is 0 Å². The number of unbranched alkanes of at least 4 members (excludes halogenated alkanes) is 12. The highest BCUT2D eigenvalue weighted by molar-refractivity contribution is 5.69. The zero-order chi connectivity index (χ0) is 44.3. The summed E-state index contributed by atoms with van der Waals surface area (Å²) in [6.07, 6.45) is 37.5. The largest absolute Gasteiger partial charge is 0.509 e. The van der Waals surface area contributed by atoms with E-state index in [1.165, 1.54) is 25.7 Å². The molecule has 1 unspecified atom stereocenters. The van der Waals surface area contributed by atoms with Crippen molar-refractivity contribution in [1.82, 2.24) is 9.80 Å². The highest BCUT2D eigenvalue weighted by Crippen LogP contribution is 2.13. The molecule has 1 atom stereocenters. The van der Waals surface area contributed by atoms with E-state index in [0.29, 0.717) is 26.1 Å². The third-order valence-corrected chi connectivity index (χ3v) is 10.5. The lowest BCUT2D eigenvalue weighted by atomic mass is 10.1. The van der Waals surface area contributed by atoms with Crippen LogP contribution in [0.2, 0.25) is 0 Å². The van der Waals surface area contributed by atoms with E-state index in [9.17, 15) is 14.4 Å². The normalized spacial score (nSPS) is 14.6. The number of ether oxygens (including phenoxy) is 6. The second-order valence-electron chi connectivity index (χ2n) is 16.1. The van der Waals surface area contributed by atoms with Gasteiger partial charge in [-0.25, -0.2) is 4.79 Å². The van der Waals surface area contributed by atoms with Crippen LogP contribution in [0.5, 0.6) is 0 Å². The number of likely N-dealkylation sites (N-methyl/N-ethyl adjacent to an activating group) is 1. The Morgan fingerprint density at radius 2 is 1.00 bits per heavy atom. The van der Waals surface area contributed by atoms with Crippen LogP contribution in [0.3, 0.4) is 0 Å². The number of allylic oxidation sites excluding steroid dienone is 8. The highest BCUT2D eigenvalue weighted by atomic mass is 16.7. The molecule has 0 aromatic rings. The molecule has 11 heteroatoms. The first kappa shape index (κ1) is 56.0. The molecule has 1 heterocycles. The molecule has 0 aliphatic carbocycles. The lowest BCUT2D eigenvalue weighted by Crippen LogP contribution is -2.47. The number of hydrogen-bond donors (Lipinski definition) is 0. The SMILES string of the molecule is CC/C=C\CCCCOC(CCC(=O)OCC(COC(=O)CCCCCCC/C=C\C/C=C\CCCCC)COC(=O)OCN1CCN(CC)CC1)OCCCC/C=C\CC. The van der Waals surface area contributed by atoms with Gasteiger partial charge in [-0.2, -0.15) is 0 Å². The van der Waals surface area contributed by atoms with E-state index < -0.39 is 24.3 Å². The number of rotatable bonds is 40. The third kappa shape index (κ3) is 36.2. The summed E-state index contributed by atoms with van der Waals surface area (Å²) in [4.78, 5) is 42.6. The maximum absolute atomic E-state index is 13.0. The van der Waals surface area contributed by atoms with Crippen molar-refractivity contribution in [2.45, 2.75) is 175 Å². The van der Waals surface area contributed by atoms with Gasteiger partial charge in [-0.05, 0) is 96.4 Å². The second-order valence-corrected chi connectivity index (χ2v) is 16.1. The summed E-state index contributed by atoms with van der Waals surface area (Å²) in [7, 11) is 0. The Hall–Kier alpha value is -2.99. The van der Waals surface area contributed by atoms with Crippen LogP contribution < -0.4 is 0 Å². The van der Waals surface area contributed by atoms with Crippen LogP contribution >= 0.6 is 0 Å². The van der Waals surface area contributed by atoms with E-state index in [0.717, 1.165) is 129 Å². The van der Waals surface area contributed by atoms with Gasteiger partial charge in [-0.3, -0.25) is 14.5 Å². The summed E-state index contributed by atoms with van der Waals surface area (Å²) in [6, 6.07) is 0. The standard InChI is InChI=1S/C50H88N2O9/c1-5-9-12-15-18-19-20-21-22-23-24-25-26-27-30-33-47(53)58-42-46(44-60-50(55)61-45-52-38-36-51(8-4)37-39-52)43-59-48(54)34-35-49(56-40-31-28-16-13-10-6-2)57-41-32-29-17-14-11-7-3/h10-11,13-14,18-19,21-22,46,49H,5-9,12,15-17,20,23-45H2,1-4H3/b13-10-,14-11-,19-18-,22-21-. The molecule has 0 aromatic heterocycles. The highest BCUT2D eigenvalue weighted by Gasteiger charge is 2.21. The zero-order valence-electron chi connectivity index (χ0n) is 39.2. The van der Waals surface area contributed by atoms with Crippen LogP contribution in [0, 0.1) is 5.92 Å². The maximum Gasteiger partial charge on any atom is 0.509 e. The Morgan fingerprint density at radius 1 is 0.508 bits per heavy atom. The minimum Gasteiger partial charge on any atom is -0.465 e. The average Bonchev–Trinajstić information content (AvgIpc) is 3.27. The molecule has 0 radical (unpaired) electrons. The molecular formula is C50H88N2O9. The Bertz CT molecular complexity index is 1140. The van der Waals surface area contributed by atoms with Gasteiger partial charge in [-0.15, -0.1) is 0 Å². The average molecular weight is 861 g/mol. The van der Waals surface area contributed by atoms with Crippen molar-refractivity contribution in [1.29, 1.82) is 0 Å². The van der Waals surface area contributed by atoms with Crippen LogP contribution in [-0.2, 0) is 38.0 Å². The van der Waals surface area contributed by atoms with Gasteiger partial charge in [0, 0.05) is 52.2 Å². The molecule has 1 rings (SSSR count). The van der Waals surface area contributed by atoms with Gasteiger partial charge in [0.1, 0.15) is 26.6 Å². The molecule has 11 nitrogen and oxygen atoms in total. The zero-order valence-corrected chi connectivity index (χ0v) is 39.2. The number of piperazine rings is 1. The number of hydrogen-bond acceptors (Lipinski definition) is 11. The second kappa shape index (κ2) is 42.3. The minimum atomic E-state index is -0.800. The van der Waals surface area contributed by atoms with Gasteiger partial charge < -0.3 is 33.3 Å². The van der Waals surface area contributed by atoms with Crippen molar-refractivity contribution in [2.75, 3.05) is 72.5 Å². The molecule has 1 aliphatic heterocycles. The molecule has 1 aliphatic rings. The minimum absolute atomic E-state index is 0.0334. The molecule has 1 saturated heterocycles. The van der Waals surface area contributed by atoms with Gasteiger partial charge >= 0.3 is 18.1 Å². The van der Waals surface area contributed by atoms with Gasteiger partial charge in [0.05, 0.1) is 12.3 Å². The van der Waals surface area contributed by atoms with Gasteiger partial charge in [0.2, 0.25) is 0 Å². The van der Waals surface area contributed by atoms with Crippen LogP contribution in [0.15, 0.2) is 48.6 Å². The van der Waals surface area contributed by atoms with Gasteiger partial charge in [-0.1, -0.05) is 108 Å². The first-order chi connectivity index (χ1) is 29.9. The molecule has 0 amide bonds. The van der Waals surface area contributed by atoms with Crippen molar-refractivity contribution in [2.24, 2.45) is 5.92 Å². The van der Waals surface area contributed by atoms with Gasteiger partial charge in [0.15, 0.2) is 6.29 Å². The fourth-order valence-electron chi connectivity index (χ4n) is 6.57.